The van der Waals surface area contributed by atoms with Crippen molar-refractivity contribution in [2.75, 3.05) is 6.54 Å². The van der Waals surface area contributed by atoms with Gasteiger partial charge in [-0.05, 0) is 59.2 Å². The first-order chi connectivity index (χ1) is 8.05. The highest BCUT2D eigenvalue weighted by Crippen LogP contribution is 2.35. The van der Waals surface area contributed by atoms with Gasteiger partial charge in [0.15, 0.2) is 0 Å². The van der Waals surface area contributed by atoms with Crippen LogP contribution in [-0.4, -0.2) is 12.6 Å². The quantitative estimate of drug-likeness (QED) is 0.855. The van der Waals surface area contributed by atoms with E-state index < -0.39 is 0 Å². The monoisotopic (exact) mass is 315 g/mol. The molecule has 1 aromatic heterocycles. The van der Waals surface area contributed by atoms with Crippen molar-refractivity contribution in [3.8, 4) is 0 Å². The number of hydrogen-bond acceptors (Lipinski definition) is 2. The molecule has 1 heterocycles. The van der Waals surface area contributed by atoms with E-state index in [1.807, 2.05) is 11.3 Å². The lowest BCUT2D eigenvalue weighted by Gasteiger charge is -2.35. The molecule has 0 saturated heterocycles. The fourth-order valence-corrected chi connectivity index (χ4v) is 4.24. The van der Waals surface area contributed by atoms with Crippen molar-refractivity contribution in [2.24, 2.45) is 5.41 Å². The van der Waals surface area contributed by atoms with E-state index in [4.69, 9.17) is 0 Å². The number of nitrogens with one attached hydrogen (secondary N) is 1. The second-order valence-corrected chi connectivity index (χ2v) is 8.41. The van der Waals surface area contributed by atoms with Crippen LogP contribution in [0.5, 0.6) is 0 Å². The summed E-state index contributed by atoms with van der Waals surface area (Å²) in [6.07, 6.45) is 6.63. The van der Waals surface area contributed by atoms with Crippen LogP contribution in [0, 0.1) is 5.41 Å². The Kier molecular flexibility index (Phi) is 4.67. The van der Waals surface area contributed by atoms with Crippen molar-refractivity contribution in [1.29, 1.82) is 0 Å². The molecule has 1 N–H and O–H groups in total. The zero-order chi connectivity index (χ0) is 12.3. The minimum Gasteiger partial charge on any atom is -0.314 e. The van der Waals surface area contributed by atoms with E-state index >= 15 is 0 Å². The second kappa shape index (κ2) is 5.85. The first-order valence-corrected chi connectivity index (χ1v) is 8.14. The van der Waals surface area contributed by atoms with Crippen LogP contribution in [0.1, 0.15) is 44.4 Å². The van der Waals surface area contributed by atoms with E-state index in [9.17, 15) is 0 Å². The van der Waals surface area contributed by atoms with Gasteiger partial charge in [0, 0.05) is 17.5 Å². The smallest absolute Gasteiger partial charge is 0.0701 e. The molecule has 1 fully saturated rings. The Balaban J connectivity index is 1.71. The fourth-order valence-electron chi connectivity index (χ4n) is 2.76. The highest BCUT2D eigenvalue weighted by atomic mass is 79.9. The van der Waals surface area contributed by atoms with Crippen LogP contribution >= 0.6 is 27.3 Å². The van der Waals surface area contributed by atoms with Crippen LogP contribution in [0.4, 0.5) is 0 Å². The Morgan fingerprint density at radius 1 is 1.47 bits per heavy atom. The molecular weight excluding hydrogens is 294 g/mol. The third kappa shape index (κ3) is 4.38. The Morgan fingerprint density at radius 2 is 2.29 bits per heavy atom. The number of halogens is 1. The summed E-state index contributed by atoms with van der Waals surface area (Å²) in [4.78, 5) is 1.47. The van der Waals surface area contributed by atoms with Gasteiger partial charge in [-0.15, -0.1) is 11.3 Å². The van der Waals surface area contributed by atoms with Crippen LogP contribution in [0.15, 0.2) is 15.9 Å². The van der Waals surface area contributed by atoms with Gasteiger partial charge in [-0.3, -0.25) is 0 Å². The molecule has 1 aliphatic carbocycles. The van der Waals surface area contributed by atoms with Gasteiger partial charge in [0.05, 0.1) is 3.79 Å². The standard InChI is InChI=1S/C14H22BrNS/c1-14(2)8-3-4-11(10-14)16-9-7-12-5-6-13(15)17-12/h5-6,11,16H,3-4,7-10H2,1-2H3. The van der Waals surface area contributed by atoms with E-state index in [2.05, 4.69) is 47.2 Å². The molecule has 0 aromatic carbocycles. The SMILES string of the molecule is CC1(C)CCCC(NCCc2ccc(Br)s2)C1. The van der Waals surface area contributed by atoms with Crippen molar-refractivity contribution in [3.63, 3.8) is 0 Å². The van der Waals surface area contributed by atoms with Gasteiger partial charge in [0.1, 0.15) is 0 Å². The van der Waals surface area contributed by atoms with Crippen LogP contribution in [0.2, 0.25) is 0 Å². The maximum absolute atomic E-state index is 3.73. The molecule has 1 nitrogen and oxygen atoms in total. The largest absolute Gasteiger partial charge is 0.314 e. The molecule has 1 unspecified atom stereocenters. The predicted molar refractivity (Wildman–Crippen MR) is 79.8 cm³/mol. The first kappa shape index (κ1) is 13.6. The lowest BCUT2D eigenvalue weighted by molar-refractivity contribution is 0.199. The van der Waals surface area contributed by atoms with Crippen molar-refractivity contribution < 1.29 is 0 Å². The van der Waals surface area contributed by atoms with Gasteiger partial charge in [-0.1, -0.05) is 20.3 Å². The van der Waals surface area contributed by atoms with E-state index in [0.717, 1.165) is 19.0 Å². The molecule has 0 radical (unpaired) electrons. The highest BCUT2D eigenvalue weighted by molar-refractivity contribution is 9.11. The normalized spacial score (nSPS) is 23.8. The lowest BCUT2D eigenvalue weighted by atomic mass is 9.75. The molecule has 1 aromatic rings. The summed E-state index contributed by atoms with van der Waals surface area (Å²) >= 11 is 5.36. The third-order valence-corrected chi connectivity index (χ3v) is 5.32. The highest BCUT2D eigenvalue weighted by Gasteiger charge is 2.27. The average molecular weight is 316 g/mol. The van der Waals surface area contributed by atoms with E-state index in [-0.39, 0.29) is 0 Å². The minimum atomic E-state index is 0.544. The van der Waals surface area contributed by atoms with Gasteiger partial charge in [0.2, 0.25) is 0 Å². The molecule has 1 aliphatic rings. The molecule has 1 atom stereocenters. The summed E-state index contributed by atoms with van der Waals surface area (Å²) < 4.78 is 1.24. The molecule has 96 valence electrons. The number of hydrogen-bond donors (Lipinski definition) is 1. The van der Waals surface area contributed by atoms with Crippen LogP contribution in [0.25, 0.3) is 0 Å². The van der Waals surface area contributed by atoms with E-state index in [1.54, 1.807) is 0 Å². The number of thiophene rings is 1. The summed E-state index contributed by atoms with van der Waals surface area (Å²) in [6, 6.07) is 5.10. The van der Waals surface area contributed by atoms with Gasteiger partial charge < -0.3 is 5.32 Å². The maximum Gasteiger partial charge on any atom is 0.0701 e. The zero-order valence-electron chi connectivity index (χ0n) is 10.8. The fraction of sp³-hybridized carbons (Fsp3) is 0.714. The molecule has 0 aliphatic heterocycles. The van der Waals surface area contributed by atoms with Crippen LogP contribution in [-0.2, 0) is 6.42 Å². The Labute approximate surface area is 117 Å². The third-order valence-electron chi connectivity index (χ3n) is 3.64. The van der Waals surface area contributed by atoms with Crippen molar-refractivity contribution in [2.45, 2.75) is 52.0 Å². The Morgan fingerprint density at radius 3 is 2.94 bits per heavy atom. The molecule has 0 spiro atoms. The summed E-state index contributed by atoms with van der Waals surface area (Å²) in [6.45, 7) is 5.92. The van der Waals surface area contributed by atoms with Gasteiger partial charge in [-0.25, -0.2) is 0 Å². The Bertz CT molecular complexity index is 359. The minimum absolute atomic E-state index is 0.544. The average Bonchev–Trinajstić information content (AvgIpc) is 2.63. The topological polar surface area (TPSA) is 12.0 Å². The van der Waals surface area contributed by atoms with E-state index in [1.165, 1.54) is 34.3 Å². The molecule has 0 amide bonds. The lowest BCUT2D eigenvalue weighted by Crippen LogP contribution is -2.38. The first-order valence-electron chi connectivity index (χ1n) is 6.53. The molecule has 0 bridgehead atoms. The molecule has 17 heavy (non-hydrogen) atoms. The van der Waals surface area contributed by atoms with Crippen molar-refractivity contribution in [3.05, 3.63) is 20.8 Å². The van der Waals surface area contributed by atoms with Crippen LogP contribution in [0.3, 0.4) is 0 Å². The molecule has 2 rings (SSSR count). The Hall–Kier alpha value is 0.140. The van der Waals surface area contributed by atoms with E-state index in [0.29, 0.717) is 5.41 Å². The zero-order valence-corrected chi connectivity index (χ0v) is 13.2. The van der Waals surface area contributed by atoms with Gasteiger partial charge >= 0.3 is 0 Å². The summed E-state index contributed by atoms with van der Waals surface area (Å²) in [5.41, 5.74) is 0.544. The van der Waals surface area contributed by atoms with Crippen LogP contribution < -0.4 is 5.32 Å². The predicted octanol–water partition coefficient (Wildman–Crippen LogP) is 4.61. The molecule has 3 heteroatoms. The van der Waals surface area contributed by atoms with Gasteiger partial charge in [-0.2, -0.15) is 0 Å². The summed E-state index contributed by atoms with van der Waals surface area (Å²) in [5, 5.41) is 3.73. The number of rotatable bonds is 4. The maximum atomic E-state index is 3.73. The van der Waals surface area contributed by atoms with Gasteiger partial charge in [0.25, 0.3) is 0 Å². The van der Waals surface area contributed by atoms with Crippen molar-refractivity contribution >= 4 is 27.3 Å². The van der Waals surface area contributed by atoms with Crippen molar-refractivity contribution in [1.82, 2.24) is 5.32 Å². The molecule has 1 saturated carbocycles. The second-order valence-electron chi connectivity index (χ2n) is 5.87. The summed E-state index contributed by atoms with van der Waals surface area (Å²) in [5.74, 6) is 0. The molecular formula is C14H22BrNS. The summed E-state index contributed by atoms with van der Waals surface area (Å²) in [7, 11) is 0.